The molecule has 9 nitrogen and oxygen atoms in total. The number of likely N-dealkylation sites (tertiary alicyclic amines) is 1. The summed E-state index contributed by atoms with van der Waals surface area (Å²) in [5.74, 6) is -9.33. The fraction of sp³-hybridized carbons (Fsp3) is 0.395. The summed E-state index contributed by atoms with van der Waals surface area (Å²) in [5.41, 5.74) is 0.269. The van der Waals surface area contributed by atoms with Crippen molar-refractivity contribution in [1.82, 2.24) is 14.9 Å². The topological polar surface area (TPSA) is 120 Å². The van der Waals surface area contributed by atoms with Crippen molar-refractivity contribution in [2.75, 3.05) is 5.43 Å². The predicted molar refractivity (Wildman–Crippen MR) is 184 cm³/mol. The van der Waals surface area contributed by atoms with Crippen LogP contribution >= 0.6 is 23.2 Å². The highest BCUT2D eigenvalue weighted by molar-refractivity contribution is 6.33. The Morgan fingerprint density at radius 3 is 2.32 bits per heavy atom. The van der Waals surface area contributed by atoms with Gasteiger partial charge in [-0.1, -0.05) is 78.4 Å². The maximum Gasteiger partial charge on any atom is 0.417 e. The molecule has 1 aromatic heterocycles. The highest BCUT2D eigenvalue weighted by atomic mass is 35.5. The Morgan fingerprint density at radius 1 is 0.925 bits per heavy atom. The monoisotopic (exact) mass is 770 g/mol. The molecule has 5 aliphatic rings. The van der Waals surface area contributed by atoms with Gasteiger partial charge in [0.25, 0.3) is 11.8 Å². The summed E-state index contributed by atoms with van der Waals surface area (Å²) in [5, 5.41) is 11.8. The molecule has 2 N–H and O–H groups in total. The van der Waals surface area contributed by atoms with Crippen LogP contribution < -0.4 is 5.43 Å². The van der Waals surface area contributed by atoms with Gasteiger partial charge >= 0.3 is 6.18 Å². The molecule has 4 fully saturated rings. The number of hydrogen-bond acceptors (Lipinski definition) is 7. The molecule has 3 aliphatic carbocycles. The number of fused-ring (bicyclic) bond motifs is 4. The van der Waals surface area contributed by atoms with Crippen molar-refractivity contribution in [3.8, 4) is 5.75 Å². The molecule has 2 saturated carbocycles. The molecule has 2 saturated heterocycles. The number of amides is 4. The largest absolute Gasteiger partial charge is 0.505 e. The van der Waals surface area contributed by atoms with Crippen LogP contribution in [0.5, 0.6) is 5.75 Å². The van der Waals surface area contributed by atoms with E-state index in [1.165, 1.54) is 29.2 Å². The molecule has 3 aromatic rings. The van der Waals surface area contributed by atoms with E-state index in [4.69, 9.17) is 23.2 Å². The fourth-order valence-electron chi connectivity index (χ4n) is 9.62. The number of pyridine rings is 1. The maximum absolute atomic E-state index is 15.3. The minimum absolute atomic E-state index is 0.0195. The Balaban J connectivity index is 1.31. The number of carbonyl (C=O) groups is 4. The maximum atomic E-state index is 15.3. The first-order chi connectivity index (χ1) is 25.2. The normalized spacial score (nSPS) is 28.9. The van der Waals surface area contributed by atoms with Gasteiger partial charge in [0, 0.05) is 28.7 Å². The number of phenols is 1. The first kappa shape index (κ1) is 35.5. The van der Waals surface area contributed by atoms with E-state index in [0.717, 1.165) is 25.3 Å². The van der Waals surface area contributed by atoms with Crippen LogP contribution in [0, 0.1) is 29.5 Å². The van der Waals surface area contributed by atoms with Crippen LogP contribution in [0.2, 0.25) is 10.0 Å². The van der Waals surface area contributed by atoms with Crippen molar-refractivity contribution >= 4 is 52.6 Å². The molecule has 3 heterocycles. The van der Waals surface area contributed by atoms with E-state index in [2.05, 4.69) is 10.4 Å². The molecule has 6 unspecified atom stereocenters. The Morgan fingerprint density at radius 2 is 1.64 bits per heavy atom. The molecular weight excluding hydrogens is 739 g/mol. The molecule has 4 amide bonds. The third-order valence-electron chi connectivity index (χ3n) is 11.9. The second-order valence-electron chi connectivity index (χ2n) is 14.4. The number of nitrogens with zero attached hydrogens (tertiary/aromatic N) is 3. The molecule has 2 aromatic carbocycles. The number of hydrazine groups is 1. The summed E-state index contributed by atoms with van der Waals surface area (Å²) in [4.78, 5) is 63.5. The molecule has 0 bridgehead atoms. The van der Waals surface area contributed by atoms with Crippen molar-refractivity contribution in [3.05, 3.63) is 98.9 Å². The number of para-hydroxylation sites is 1. The van der Waals surface area contributed by atoms with Gasteiger partial charge in [0.1, 0.15) is 0 Å². The first-order valence-corrected chi connectivity index (χ1v) is 18.2. The van der Waals surface area contributed by atoms with Crippen molar-refractivity contribution in [1.29, 1.82) is 0 Å². The van der Waals surface area contributed by atoms with E-state index in [-0.39, 0.29) is 41.8 Å². The molecule has 276 valence electrons. The smallest absolute Gasteiger partial charge is 0.417 e. The van der Waals surface area contributed by atoms with Crippen LogP contribution in [0.4, 0.5) is 23.4 Å². The summed E-state index contributed by atoms with van der Waals surface area (Å²) in [6, 6.07) is 10.4. The third-order valence-corrected chi connectivity index (χ3v) is 12.4. The van der Waals surface area contributed by atoms with Crippen LogP contribution in [-0.4, -0.2) is 49.7 Å². The van der Waals surface area contributed by atoms with Gasteiger partial charge in [-0.3, -0.25) is 29.5 Å². The number of alkyl halides is 3. The Bertz CT molecular complexity index is 2090. The molecule has 8 rings (SSSR count). The van der Waals surface area contributed by atoms with Crippen molar-refractivity contribution in [3.63, 3.8) is 0 Å². The van der Waals surface area contributed by atoms with E-state index in [1.54, 1.807) is 18.2 Å². The van der Waals surface area contributed by atoms with Gasteiger partial charge in [0.2, 0.25) is 11.8 Å². The standard InChI is InChI=1S/C38H32Cl2F4N4O5/c39-20-11-9-18(10-12-20)37-26(34(51)48(36(37)53)46-32-27(40)15-19(17-45-32)38(42,43)44)16-25-22(30(37)24-7-4-8-28(41)31(24)49)13-14-23-29(25)35(52)47(33(23)50)21-5-2-1-3-6-21/h4,7-13,15,17,21,23,25-26,29-30,49H,1-3,5-6,14,16H2,(H,45,46). The summed E-state index contributed by atoms with van der Waals surface area (Å²) < 4.78 is 55.6. The number of benzene rings is 2. The number of imide groups is 2. The van der Waals surface area contributed by atoms with Crippen LogP contribution in [0.15, 0.2) is 66.4 Å². The van der Waals surface area contributed by atoms with Gasteiger partial charge in [-0.25, -0.2) is 9.37 Å². The zero-order valence-corrected chi connectivity index (χ0v) is 29.4. The second kappa shape index (κ2) is 12.8. The molecule has 53 heavy (non-hydrogen) atoms. The number of nitrogens with one attached hydrogen (secondary N) is 1. The summed E-state index contributed by atoms with van der Waals surface area (Å²) in [6.45, 7) is 0. The van der Waals surface area contributed by atoms with E-state index >= 15 is 9.18 Å². The van der Waals surface area contributed by atoms with Crippen LogP contribution in [0.1, 0.15) is 67.6 Å². The van der Waals surface area contributed by atoms with Crippen LogP contribution in [-0.2, 0) is 30.8 Å². The lowest BCUT2D eigenvalue weighted by molar-refractivity contribution is -0.144. The van der Waals surface area contributed by atoms with Crippen LogP contribution in [0.3, 0.4) is 0 Å². The van der Waals surface area contributed by atoms with E-state index in [0.29, 0.717) is 40.7 Å². The number of allylic oxidation sites excluding steroid dienone is 2. The zero-order valence-electron chi connectivity index (χ0n) is 27.9. The number of phenolic OH excluding ortho intramolecular Hbond substituents is 1. The number of aromatic nitrogens is 1. The minimum atomic E-state index is -4.77. The van der Waals surface area contributed by atoms with Gasteiger partial charge < -0.3 is 5.11 Å². The third kappa shape index (κ3) is 5.36. The summed E-state index contributed by atoms with van der Waals surface area (Å²) in [6.07, 6.45) is 1.74. The average Bonchev–Trinajstić information content (AvgIpc) is 3.51. The molecule has 0 spiro atoms. The van der Waals surface area contributed by atoms with Gasteiger partial charge in [-0.2, -0.15) is 18.2 Å². The Labute approximate surface area is 310 Å². The SMILES string of the molecule is O=C1C2CC3C(=CCC4C(=O)N(C5CCCCC5)C(=O)C43)C(c3cccc(F)c3O)C2(c2ccc(Cl)cc2)C(=O)N1Nc1ncc(C(F)(F)F)cc1Cl. The predicted octanol–water partition coefficient (Wildman–Crippen LogP) is 7.57. The zero-order chi connectivity index (χ0) is 37.6. The van der Waals surface area contributed by atoms with E-state index < -0.39 is 81.0 Å². The first-order valence-electron chi connectivity index (χ1n) is 17.4. The highest BCUT2D eigenvalue weighted by Crippen LogP contribution is 2.65. The number of carbonyl (C=O) groups excluding carboxylic acids is 4. The van der Waals surface area contributed by atoms with E-state index in [9.17, 15) is 32.7 Å². The second-order valence-corrected chi connectivity index (χ2v) is 15.3. The Hall–Kier alpha value is -4.49. The van der Waals surface area contributed by atoms with Gasteiger partial charge in [-0.05, 0) is 61.4 Å². The Kier molecular flexibility index (Phi) is 8.60. The van der Waals surface area contributed by atoms with Gasteiger partial charge in [0.15, 0.2) is 17.4 Å². The van der Waals surface area contributed by atoms with Crippen molar-refractivity contribution < 1.29 is 41.8 Å². The number of hydrogen-bond donors (Lipinski definition) is 2. The lowest BCUT2D eigenvalue weighted by atomic mass is 9.49. The van der Waals surface area contributed by atoms with Crippen LogP contribution in [0.25, 0.3) is 0 Å². The average molecular weight is 772 g/mol. The van der Waals surface area contributed by atoms with Gasteiger partial charge in [0.05, 0.1) is 33.8 Å². The van der Waals surface area contributed by atoms with E-state index in [1.807, 2.05) is 0 Å². The molecule has 2 aliphatic heterocycles. The molecule has 0 radical (unpaired) electrons. The van der Waals surface area contributed by atoms with Gasteiger partial charge in [-0.15, -0.1) is 0 Å². The number of anilines is 1. The lowest BCUT2D eigenvalue weighted by Crippen LogP contribution is -2.53. The van der Waals surface area contributed by atoms with Crippen molar-refractivity contribution in [2.45, 2.75) is 68.5 Å². The number of rotatable bonds is 5. The number of halogens is 6. The molecular formula is C38H32Cl2F4N4O5. The molecule has 15 heteroatoms. The summed E-state index contributed by atoms with van der Waals surface area (Å²) in [7, 11) is 0. The highest BCUT2D eigenvalue weighted by Gasteiger charge is 2.71. The lowest BCUT2D eigenvalue weighted by Gasteiger charge is -2.50. The quantitative estimate of drug-likeness (QED) is 0.156. The number of aromatic hydroxyl groups is 1. The minimum Gasteiger partial charge on any atom is -0.505 e. The fourth-order valence-corrected chi connectivity index (χ4v) is 9.95. The molecule has 6 atom stereocenters. The summed E-state index contributed by atoms with van der Waals surface area (Å²) >= 11 is 12.5. The van der Waals surface area contributed by atoms with Crippen molar-refractivity contribution in [2.24, 2.45) is 23.7 Å².